The summed E-state index contributed by atoms with van der Waals surface area (Å²) in [7, 11) is 3.65. The maximum atomic E-state index is 14.1. The Morgan fingerprint density at radius 3 is 2.71 bits per heavy atom. The fraction of sp³-hybridized carbons (Fsp3) is 0.562. The second-order valence-electron chi connectivity index (χ2n) is 6.07. The van der Waals surface area contributed by atoms with Gasteiger partial charge in [-0.3, -0.25) is 0 Å². The van der Waals surface area contributed by atoms with Gasteiger partial charge in [-0.05, 0) is 37.5 Å². The normalized spacial score (nSPS) is 22.9. The first-order chi connectivity index (χ1) is 10.0. The van der Waals surface area contributed by atoms with E-state index in [0.29, 0.717) is 6.61 Å². The van der Waals surface area contributed by atoms with Crippen molar-refractivity contribution in [2.75, 3.05) is 32.2 Å². The van der Waals surface area contributed by atoms with Crippen LogP contribution in [-0.4, -0.2) is 38.9 Å². The van der Waals surface area contributed by atoms with Gasteiger partial charge in [0.25, 0.3) is 0 Å². The molecule has 1 saturated carbocycles. The maximum Gasteiger partial charge on any atom is 0.341 e. The molecule has 0 radical (unpaired) electrons. The van der Waals surface area contributed by atoms with E-state index in [4.69, 9.17) is 9.47 Å². The molecule has 21 heavy (non-hydrogen) atoms. The molecule has 5 heteroatoms. The van der Waals surface area contributed by atoms with E-state index in [0.717, 1.165) is 31.6 Å². The van der Waals surface area contributed by atoms with Crippen LogP contribution >= 0.6 is 0 Å². The molecule has 0 spiro atoms. The summed E-state index contributed by atoms with van der Waals surface area (Å²) in [6, 6.07) is 4.57. The van der Waals surface area contributed by atoms with Crippen molar-refractivity contribution in [1.29, 1.82) is 0 Å². The second kappa shape index (κ2) is 5.30. The number of carbonyl (C=O) groups excluding carboxylic acids is 1. The second-order valence-corrected chi connectivity index (χ2v) is 6.07. The van der Waals surface area contributed by atoms with Gasteiger partial charge in [0, 0.05) is 32.3 Å². The van der Waals surface area contributed by atoms with Crippen LogP contribution in [0, 0.1) is 11.7 Å². The van der Waals surface area contributed by atoms with Crippen molar-refractivity contribution in [3.8, 4) is 0 Å². The number of anilines is 1. The van der Waals surface area contributed by atoms with Crippen molar-refractivity contribution in [3.05, 3.63) is 29.6 Å². The van der Waals surface area contributed by atoms with Crippen LogP contribution in [0.4, 0.5) is 10.1 Å². The molecule has 2 aliphatic rings. The molecule has 1 aliphatic heterocycles. The van der Waals surface area contributed by atoms with Gasteiger partial charge in [-0.15, -0.1) is 0 Å². The summed E-state index contributed by atoms with van der Waals surface area (Å²) in [5.41, 5.74) is 0.306. The topological polar surface area (TPSA) is 38.8 Å². The van der Waals surface area contributed by atoms with E-state index in [1.54, 1.807) is 11.0 Å². The number of rotatable bonds is 4. The van der Waals surface area contributed by atoms with Crippen LogP contribution < -0.4 is 4.90 Å². The molecule has 1 aromatic rings. The fourth-order valence-electron chi connectivity index (χ4n) is 2.85. The van der Waals surface area contributed by atoms with Crippen molar-refractivity contribution in [3.63, 3.8) is 0 Å². The monoisotopic (exact) mass is 293 g/mol. The molecule has 3 rings (SSSR count). The lowest BCUT2D eigenvalue weighted by Gasteiger charge is -2.22. The molecule has 1 atom stereocenters. The van der Waals surface area contributed by atoms with Crippen molar-refractivity contribution in [2.45, 2.75) is 24.9 Å². The SMILES string of the molecule is CN(C)c1ccc(C(=O)OC2(C3CCOC3)CC2)c(F)c1. The number of hydrogen-bond acceptors (Lipinski definition) is 4. The van der Waals surface area contributed by atoms with Crippen molar-refractivity contribution in [1.82, 2.24) is 0 Å². The van der Waals surface area contributed by atoms with Crippen LogP contribution in [0.3, 0.4) is 0 Å². The minimum atomic E-state index is -0.567. The van der Waals surface area contributed by atoms with Gasteiger partial charge in [0.15, 0.2) is 0 Å². The van der Waals surface area contributed by atoms with Crippen LogP contribution in [0.15, 0.2) is 18.2 Å². The fourth-order valence-corrected chi connectivity index (χ4v) is 2.85. The largest absolute Gasteiger partial charge is 0.455 e. The lowest BCUT2D eigenvalue weighted by molar-refractivity contribution is 0.000400. The summed E-state index contributed by atoms with van der Waals surface area (Å²) in [6.45, 7) is 1.35. The minimum absolute atomic E-state index is 0.00536. The van der Waals surface area contributed by atoms with Gasteiger partial charge in [0.2, 0.25) is 0 Å². The molecule has 1 unspecified atom stereocenters. The predicted octanol–water partition coefficient (Wildman–Crippen LogP) is 2.62. The Labute approximate surface area is 123 Å². The van der Waals surface area contributed by atoms with Crippen LogP contribution in [0.1, 0.15) is 29.6 Å². The van der Waals surface area contributed by atoms with Gasteiger partial charge in [-0.2, -0.15) is 0 Å². The molecule has 1 aliphatic carbocycles. The highest BCUT2D eigenvalue weighted by atomic mass is 19.1. The summed E-state index contributed by atoms with van der Waals surface area (Å²) < 4.78 is 25.1. The predicted molar refractivity (Wildman–Crippen MR) is 77.0 cm³/mol. The molecule has 1 saturated heterocycles. The average Bonchev–Trinajstić information content (AvgIpc) is 3.01. The lowest BCUT2D eigenvalue weighted by atomic mass is 9.99. The quantitative estimate of drug-likeness (QED) is 0.800. The first-order valence-electron chi connectivity index (χ1n) is 7.30. The lowest BCUT2D eigenvalue weighted by Crippen LogP contribution is -2.29. The van der Waals surface area contributed by atoms with Crippen LogP contribution in [-0.2, 0) is 9.47 Å². The Morgan fingerprint density at radius 2 is 2.19 bits per heavy atom. The molecule has 4 nitrogen and oxygen atoms in total. The number of carbonyl (C=O) groups is 1. The first kappa shape index (κ1) is 14.3. The molecule has 114 valence electrons. The van der Waals surface area contributed by atoms with E-state index in [1.165, 1.54) is 12.1 Å². The Bertz CT molecular complexity index is 548. The third-order valence-corrected chi connectivity index (χ3v) is 4.40. The van der Waals surface area contributed by atoms with Crippen LogP contribution in [0.25, 0.3) is 0 Å². The molecule has 1 heterocycles. The molecule has 0 bridgehead atoms. The van der Waals surface area contributed by atoms with Gasteiger partial charge in [-0.1, -0.05) is 0 Å². The van der Waals surface area contributed by atoms with Crippen LogP contribution in [0.2, 0.25) is 0 Å². The molecule has 2 fully saturated rings. The van der Waals surface area contributed by atoms with E-state index >= 15 is 0 Å². The highest BCUT2D eigenvalue weighted by molar-refractivity contribution is 5.90. The van der Waals surface area contributed by atoms with E-state index in [9.17, 15) is 9.18 Å². The smallest absolute Gasteiger partial charge is 0.341 e. The summed E-state index contributed by atoms with van der Waals surface area (Å²) in [5.74, 6) is -0.850. The van der Waals surface area contributed by atoms with Crippen molar-refractivity contribution >= 4 is 11.7 Å². The number of hydrogen-bond donors (Lipinski definition) is 0. The van der Waals surface area contributed by atoms with Gasteiger partial charge >= 0.3 is 5.97 Å². The zero-order valence-corrected chi connectivity index (χ0v) is 12.4. The van der Waals surface area contributed by atoms with Gasteiger partial charge in [0.1, 0.15) is 11.4 Å². The summed E-state index contributed by atoms with van der Waals surface area (Å²) in [4.78, 5) is 14.0. The molecule has 0 N–H and O–H groups in total. The summed E-state index contributed by atoms with van der Waals surface area (Å²) in [5, 5.41) is 0. The van der Waals surface area contributed by atoms with E-state index in [1.807, 2.05) is 14.1 Å². The molecule has 0 amide bonds. The van der Waals surface area contributed by atoms with E-state index in [2.05, 4.69) is 0 Å². The third kappa shape index (κ3) is 2.75. The molecule has 0 aromatic heterocycles. The average molecular weight is 293 g/mol. The van der Waals surface area contributed by atoms with E-state index < -0.39 is 17.4 Å². The molecular weight excluding hydrogens is 273 g/mol. The zero-order chi connectivity index (χ0) is 15.0. The summed E-state index contributed by atoms with van der Waals surface area (Å²) >= 11 is 0. The van der Waals surface area contributed by atoms with Crippen molar-refractivity contribution < 1.29 is 18.7 Å². The van der Waals surface area contributed by atoms with Gasteiger partial charge in [0.05, 0.1) is 12.2 Å². The standard InChI is InChI=1S/C16H20FNO3/c1-18(2)12-3-4-13(14(17)9-12)15(19)21-16(6-7-16)11-5-8-20-10-11/h3-4,9,11H,5-8,10H2,1-2H3. The minimum Gasteiger partial charge on any atom is -0.455 e. The Morgan fingerprint density at radius 1 is 1.43 bits per heavy atom. The number of ether oxygens (including phenoxy) is 2. The highest BCUT2D eigenvalue weighted by Gasteiger charge is 2.54. The van der Waals surface area contributed by atoms with Gasteiger partial charge < -0.3 is 14.4 Å². The zero-order valence-electron chi connectivity index (χ0n) is 12.4. The third-order valence-electron chi connectivity index (χ3n) is 4.40. The Balaban J connectivity index is 1.74. The number of halogens is 1. The first-order valence-corrected chi connectivity index (χ1v) is 7.30. The highest BCUT2D eigenvalue weighted by Crippen LogP contribution is 2.49. The Hall–Kier alpha value is -1.62. The Kier molecular flexibility index (Phi) is 3.61. The van der Waals surface area contributed by atoms with E-state index in [-0.39, 0.29) is 11.5 Å². The number of esters is 1. The maximum absolute atomic E-state index is 14.1. The van der Waals surface area contributed by atoms with Crippen molar-refractivity contribution in [2.24, 2.45) is 5.92 Å². The summed E-state index contributed by atoms with van der Waals surface area (Å²) in [6.07, 6.45) is 2.61. The van der Waals surface area contributed by atoms with Gasteiger partial charge in [-0.25, -0.2) is 9.18 Å². The molecular formula is C16H20FNO3. The number of nitrogens with zero attached hydrogens (tertiary/aromatic N) is 1. The molecule has 1 aromatic carbocycles. The number of benzene rings is 1. The van der Waals surface area contributed by atoms with Crippen LogP contribution in [0.5, 0.6) is 0 Å².